The molecular weight excluding hydrogens is 471 g/mol. The summed E-state index contributed by atoms with van der Waals surface area (Å²) in [5, 5.41) is 29.2. The first kappa shape index (κ1) is 25.0. The number of likely N-dealkylation sites (tertiary alicyclic amines) is 1. The minimum atomic E-state index is -1.20. The monoisotopic (exact) mass is 496 g/mol. The number of carbonyl (C=O) groups is 2. The maximum absolute atomic E-state index is 13.0. The van der Waals surface area contributed by atoms with Gasteiger partial charge in [0.05, 0.1) is 16.1 Å². The molecule has 0 bridgehead atoms. The van der Waals surface area contributed by atoms with E-state index < -0.39 is 24.6 Å². The summed E-state index contributed by atoms with van der Waals surface area (Å²) in [6, 6.07) is 7.12. The molecule has 2 aromatic carbocycles. The molecule has 3 N–H and O–H groups in total. The third-order valence-electron chi connectivity index (χ3n) is 5.39. The molecular formula is C23H26Cl2N2O6. The number of piperidine rings is 1. The molecule has 0 spiro atoms. The van der Waals surface area contributed by atoms with Gasteiger partial charge in [-0.25, -0.2) is 4.79 Å². The Kier molecular flexibility index (Phi) is 7.94. The summed E-state index contributed by atoms with van der Waals surface area (Å²) < 4.78 is 5.86. The van der Waals surface area contributed by atoms with Crippen LogP contribution in [-0.2, 0) is 4.79 Å². The van der Waals surface area contributed by atoms with Gasteiger partial charge < -0.3 is 25.0 Å². The van der Waals surface area contributed by atoms with Crippen molar-refractivity contribution in [1.82, 2.24) is 4.90 Å². The molecule has 0 atom stereocenters. The van der Waals surface area contributed by atoms with Crippen molar-refractivity contribution in [3.05, 3.63) is 45.9 Å². The van der Waals surface area contributed by atoms with E-state index in [9.17, 15) is 24.9 Å². The van der Waals surface area contributed by atoms with E-state index in [0.717, 1.165) is 4.90 Å². The number of aliphatic carboxylic acids is 1. The highest BCUT2D eigenvalue weighted by molar-refractivity contribution is 6.37. The van der Waals surface area contributed by atoms with Crippen LogP contribution in [-0.4, -0.2) is 58.0 Å². The van der Waals surface area contributed by atoms with E-state index in [-0.39, 0.29) is 33.1 Å². The molecule has 0 radical (unpaired) electrons. The molecule has 1 saturated heterocycles. The largest absolute Gasteiger partial charge is 0.508 e. The molecule has 1 aliphatic rings. The van der Waals surface area contributed by atoms with E-state index in [1.54, 1.807) is 12.1 Å². The Bertz CT molecular complexity index is 1010. The number of nitrogens with zero attached hydrogens (tertiary/aromatic N) is 2. The van der Waals surface area contributed by atoms with Gasteiger partial charge in [0.2, 0.25) is 0 Å². The zero-order chi connectivity index (χ0) is 24.3. The van der Waals surface area contributed by atoms with Gasteiger partial charge in [-0.15, -0.1) is 0 Å². The van der Waals surface area contributed by atoms with Gasteiger partial charge in [-0.1, -0.05) is 37.0 Å². The number of halogens is 2. The molecule has 33 heavy (non-hydrogen) atoms. The van der Waals surface area contributed by atoms with Crippen LogP contribution in [0.5, 0.6) is 17.2 Å². The number of carboxylic acids is 1. The second kappa shape index (κ2) is 10.5. The van der Waals surface area contributed by atoms with Crippen molar-refractivity contribution in [1.29, 1.82) is 0 Å². The molecule has 0 aromatic heterocycles. The van der Waals surface area contributed by atoms with Crippen molar-refractivity contribution in [2.24, 2.45) is 0 Å². The van der Waals surface area contributed by atoms with Crippen LogP contribution in [0.25, 0.3) is 0 Å². The molecule has 178 valence electrons. The number of aliphatic hydroxyl groups excluding tert-OH is 1. The van der Waals surface area contributed by atoms with E-state index in [2.05, 4.69) is 0 Å². The summed E-state index contributed by atoms with van der Waals surface area (Å²) >= 11 is 12.8. The molecule has 10 heteroatoms. The Hall–Kier alpha value is -2.68. The number of hydrogen-bond donors (Lipinski definition) is 3. The van der Waals surface area contributed by atoms with Gasteiger partial charge in [0.25, 0.3) is 0 Å². The number of aromatic hydroxyl groups is 1. The van der Waals surface area contributed by atoms with E-state index >= 15 is 0 Å². The van der Waals surface area contributed by atoms with Crippen LogP contribution in [0.3, 0.4) is 0 Å². The lowest BCUT2D eigenvalue weighted by atomic mass is 10.0. The SMILES string of the molecule is CC(C)c1cc(Oc2c(Cl)cc(N(CC(=O)O)C(=O)N3CCC(O)CC3)cc2Cl)ccc1O. The summed E-state index contributed by atoms with van der Waals surface area (Å²) in [5.74, 6) is -0.422. The number of carbonyl (C=O) groups excluding carboxylic acids is 1. The Balaban J connectivity index is 1.89. The fourth-order valence-electron chi connectivity index (χ4n) is 3.61. The number of benzene rings is 2. The lowest BCUT2D eigenvalue weighted by Crippen LogP contribution is -2.49. The standard InChI is InChI=1S/C23H26Cl2N2O6/c1-13(2)17-11-16(3-4-20(17)29)33-22-18(24)9-14(10-19(22)25)27(12-21(30)31)23(32)26-7-5-15(28)6-8-26/h3-4,9-11,13,15,28-29H,5-8,12H2,1-2H3,(H,30,31). The topological polar surface area (TPSA) is 111 Å². The van der Waals surface area contributed by atoms with Gasteiger partial charge in [0.1, 0.15) is 18.0 Å². The van der Waals surface area contributed by atoms with Crippen molar-refractivity contribution < 1.29 is 29.6 Å². The molecule has 0 saturated carbocycles. The summed E-state index contributed by atoms with van der Waals surface area (Å²) in [6.07, 6.45) is 0.371. The third kappa shape index (κ3) is 6.01. The number of aliphatic hydroxyl groups is 1. The van der Waals surface area contributed by atoms with Gasteiger partial charge in [0.15, 0.2) is 5.75 Å². The Morgan fingerprint density at radius 3 is 2.30 bits per heavy atom. The number of carboxylic acid groups (broad SMARTS) is 1. The number of phenols is 1. The second-order valence-corrected chi connectivity index (χ2v) is 9.01. The summed E-state index contributed by atoms with van der Waals surface area (Å²) in [6.45, 7) is 3.92. The maximum Gasteiger partial charge on any atom is 0.325 e. The maximum atomic E-state index is 13.0. The Morgan fingerprint density at radius 1 is 1.15 bits per heavy atom. The molecule has 1 fully saturated rings. The fourth-order valence-corrected chi connectivity index (χ4v) is 4.16. The van der Waals surface area contributed by atoms with E-state index in [1.165, 1.54) is 23.1 Å². The van der Waals surface area contributed by atoms with Gasteiger partial charge in [-0.05, 0) is 49.1 Å². The van der Waals surface area contributed by atoms with Gasteiger partial charge in [-0.3, -0.25) is 9.69 Å². The average Bonchev–Trinajstić information content (AvgIpc) is 2.75. The summed E-state index contributed by atoms with van der Waals surface area (Å²) in [7, 11) is 0. The lowest BCUT2D eigenvalue weighted by molar-refractivity contribution is -0.135. The van der Waals surface area contributed by atoms with Crippen LogP contribution in [0.4, 0.5) is 10.5 Å². The molecule has 2 aromatic rings. The number of amides is 2. The molecule has 2 amide bonds. The zero-order valence-corrected chi connectivity index (χ0v) is 19.8. The van der Waals surface area contributed by atoms with Gasteiger partial charge in [0, 0.05) is 24.3 Å². The Morgan fingerprint density at radius 2 is 1.76 bits per heavy atom. The fraction of sp³-hybridized carbons (Fsp3) is 0.391. The van der Waals surface area contributed by atoms with Crippen LogP contribution in [0.1, 0.15) is 38.2 Å². The molecule has 1 heterocycles. The average molecular weight is 497 g/mol. The smallest absolute Gasteiger partial charge is 0.325 e. The highest BCUT2D eigenvalue weighted by Gasteiger charge is 2.29. The number of ether oxygens (including phenoxy) is 1. The van der Waals surface area contributed by atoms with Crippen molar-refractivity contribution in [2.45, 2.75) is 38.7 Å². The number of anilines is 1. The highest BCUT2D eigenvalue weighted by atomic mass is 35.5. The minimum Gasteiger partial charge on any atom is -0.508 e. The predicted molar refractivity (Wildman–Crippen MR) is 126 cm³/mol. The van der Waals surface area contributed by atoms with Crippen LogP contribution in [0.15, 0.2) is 30.3 Å². The number of rotatable bonds is 6. The first-order valence-electron chi connectivity index (χ1n) is 10.5. The van der Waals surface area contributed by atoms with Crippen LogP contribution in [0, 0.1) is 0 Å². The quantitative estimate of drug-likeness (QED) is 0.513. The zero-order valence-electron chi connectivity index (χ0n) is 18.3. The number of urea groups is 1. The normalized spacial score (nSPS) is 14.4. The van der Waals surface area contributed by atoms with E-state index in [1.807, 2.05) is 13.8 Å². The Labute approximate surface area is 201 Å². The summed E-state index contributed by atoms with van der Waals surface area (Å²) in [5.41, 5.74) is 0.908. The molecule has 1 aliphatic heterocycles. The molecule has 0 aliphatic carbocycles. The molecule has 0 unspecified atom stereocenters. The first-order valence-corrected chi connectivity index (χ1v) is 11.3. The number of hydrogen-bond acceptors (Lipinski definition) is 5. The first-order chi connectivity index (χ1) is 15.6. The molecule has 3 rings (SSSR count). The van der Waals surface area contributed by atoms with Gasteiger partial charge in [-0.2, -0.15) is 0 Å². The van der Waals surface area contributed by atoms with Gasteiger partial charge >= 0.3 is 12.0 Å². The van der Waals surface area contributed by atoms with E-state index in [0.29, 0.717) is 37.2 Å². The van der Waals surface area contributed by atoms with Crippen LogP contribution < -0.4 is 9.64 Å². The highest BCUT2D eigenvalue weighted by Crippen LogP contribution is 2.41. The van der Waals surface area contributed by atoms with E-state index in [4.69, 9.17) is 27.9 Å². The van der Waals surface area contributed by atoms with Crippen LogP contribution in [0.2, 0.25) is 10.0 Å². The van der Waals surface area contributed by atoms with Crippen molar-refractivity contribution >= 4 is 40.9 Å². The summed E-state index contributed by atoms with van der Waals surface area (Å²) in [4.78, 5) is 27.1. The van der Waals surface area contributed by atoms with Crippen molar-refractivity contribution in [3.63, 3.8) is 0 Å². The molecule has 8 nitrogen and oxygen atoms in total. The lowest BCUT2D eigenvalue weighted by Gasteiger charge is -2.34. The van der Waals surface area contributed by atoms with Crippen LogP contribution >= 0.6 is 23.2 Å². The third-order valence-corrected chi connectivity index (χ3v) is 5.96. The van der Waals surface area contributed by atoms with Crippen molar-refractivity contribution in [3.8, 4) is 17.2 Å². The number of phenolic OH excluding ortho intramolecular Hbond substituents is 1. The van der Waals surface area contributed by atoms with Crippen molar-refractivity contribution in [2.75, 3.05) is 24.5 Å². The predicted octanol–water partition coefficient (Wildman–Crippen LogP) is 5.08. The minimum absolute atomic E-state index is 0.0633. The second-order valence-electron chi connectivity index (χ2n) is 8.20.